The SMILES string of the molecule is Cc1cc(/C=C2\C(=O)NC(=O)N(C)C2=O)c(C)n1-c1ccc(N(C)C)cc1. The topological polar surface area (TPSA) is 74.6 Å². The second-order valence-corrected chi connectivity index (χ2v) is 6.75. The fourth-order valence-electron chi connectivity index (χ4n) is 3.13. The number of urea groups is 1. The van der Waals surface area contributed by atoms with E-state index in [1.165, 1.54) is 13.1 Å². The highest BCUT2D eigenvalue weighted by Gasteiger charge is 2.33. The number of benzene rings is 1. The molecule has 3 rings (SSSR count). The first-order valence-corrected chi connectivity index (χ1v) is 8.52. The zero-order valence-electron chi connectivity index (χ0n) is 16.0. The van der Waals surface area contributed by atoms with E-state index in [0.29, 0.717) is 0 Å². The third kappa shape index (κ3) is 3.23. The van der Waals surface area contributed by atoms with Gasteiger partial charge in [0, 0.05) is 43.9 Å². The van der Waals surface area contributed by atoms with Crippen LogP contribution in [-0.4, -0.2) is 48.5 Å². The van der Waals surface area contributed by atoms with Gasteiger partial charge < -0.3 is 9.47 Å². The van der Waals surface area contributed by atoms with E-state index in [-0.39, 0.29) is 5.57 Å². The molecule has 1 fully saturated rings. The van der Waals surface area contributed by atoms with Crippen molar-refractivity contribution in [3.63, 3.8) is 0 Å². The minimum absolute atomic E-state index is 0.0553. The van der Waals surface area contributed by atoms with Gasteiger partial charge in [-0.25, -0.2) is 4.79 Å². The summed E-state index contributed by atoms with van der Waals surface area (Å²) in [6.45, 7) is 3.90. The lowest BCUT2D eigenvalue weighted by atomic mass is 10.1. The number of hydrogen-bond donors (Lipinski definition) is 1. The molecule has 7 nitrogen and oxygen atoms in total. The lowest BCUT2D eigenvalue weighted by molar-refractivity contribution is -0.129. The first-order valence-electron chi connectivity index (χ1n) is 8.52. The molecular weight excluding hydrogens is 344 g/mol. The predicted molar refractivity (Wildman–Crippen MR) is 104 cm³/mol. The Hall–Kier alpha value is -3.35. The number of hydrogen-bond acceptors (Lipinski definition) is 4. The quantitative estimate of drug-likeness (QED) is 0.668. The van der Waals surface area contributed by atoms with E-state index in [0.717, 1.165) is 33.2 Å². The third-order valence-electron chi connectivity index (χ3n) is 4.70. The highest BCUT2D eigenvalue weighted by molar-refractivity contribution is 6.30. The van der Waals surface area contributed by atoms with Gasteiger partial charge in [0.25, 0.3) is 11.8 Å². The van der Waals surface area contributed by atoms with Crippen molar-refractivity contribution in [2.45, 2.75) is 13.8 Å². The maximum absolute atomic E-state index is 12.3. The van der Waals surface area contributed by atoms with Crippen molar-refractivity contribution in [1.82, 2.24) is 14.8 Å². The van der Waals surface area contributed by atoms with Crippen LogP contribution in [0.5, 0.6) is 0 Å². The van der Waals surface area contributed by atoms with E-state index in [4.69, 9.17) is 0 Å². The maximum atomic E-state index is 12.3. The fraction of sp³-hybridized carbons (Fsp3) is 0.250. The van der Waals surface area contributed by atoms with Crippen LogP contribution < -0.4 is 10.2 Å². The number of anilines is 1. The van der Waals surface area contributed by atoms with Crippen LogP contribution in [0.15, 0.2) is 35.9 Å². The number of likely N-dealkylation sites (N-methyl/N-ethyl adjacent to an activating group) is 1. The molecule has 1 N–H and O–H groups in total. The second kappa shape index (κ2) is 6.75. The molecule has 0 saturated carbocycles. The molecule has 4 amide bonds. The summed E-state index contributed by atoms with van der Waals surface area (Å²) in [5.74, 6) is -1.29. The maximum Gasteiger partial charge on any atom is 0.331 e. The summed E-state index contributed by atoms with van der Waals surface area (Å²) in [4.78, 5) is 38.8. The Morgan fingerprint density at radius 2 is 1.67 bits per heavy atom. The number of aromatic nitrogens is 1. The van der Waals surface area contributed by atoms with Crippen LogP contribution in [0.4, 0.5) is 10.5 Å². The second-order valence-electron chi connectivity index (χ2n) is 6.75. The summed E-state index contributed by atoms with van der Waals surface area (Å²) < 4.78 is 2.06. The number of aryl methyl sites for hydroxylation is 1. The lowest BCUT2D eigenvalue weighted by Crippen LogP contribution is -2.52. The number of carbonyl (C=O) groups is 3. The first-order chi connectivity index (χ1) is 12.7. The van der Waals surface area contributed by atoms with Gasteiger partial charge in [-0.15, -0.1) is 0 Å². The van der Waals surface area contributed by atoms with Gasteiger partial charge in [0.05, 0.1) is 0 Å². The van der Waals surface area contributed by atoms with E-state index in [1.54, 1.807) is 0 Å². The number of barbiturate groups is 1. The van der Waals surface area contributed by atoms with Gasteiger partial charge in [-0.3, -0.25) is 19.8 Å². The van der Waals surface area contributed by atoms with Gasteiger partial charge in [-0.2, -0.15) is 0 Å². The van der Waals surface area contributed by atoms with Crippen molar-refractivity contribution in [1.29, 1.82) is 0 Å². The van der Waals surface area contributed by atoms with Crippen LogP contribution in [0, 0.1) is 13.8 Å². The Labute approximate surface area is 157 Å². The predicted octanol–water partition coefficient (Wildman–Crippen LogP) is 2.25. The van der Waals surface area contributed by atoms with E-state index < -0.39 is 17.8 Å². The third-order valence-corrected chi connectivity index (χ3v) is 4.70. The molecule has 2 aromatic rings. The Kier molecular flexibility index (Phi) is 4.61. The molecule has 1 aromatic heterocycles. The van der Waals surface area contributed by atoms with Crippen molar-refractivity contribution in [3.05, 3.63) is 52.9 Å². The number of nitrogens with zero attached hydrogens (tertiary/aromatic N) is 3. The molecule has 0 bridgehead atoms. The lowest BCUT2D eigenvalue weighted by Gasteiger charge is -2.22. The molecule has 7 heteroatoms. The smallest absolute Gasteiger partial charge is 0.331 e. The number of rotatable bonds is 3. The Balaban J connectivity index is 2.02. The zero-order chi connectivity index (χ0) is 19.9. The van der Waals surface area contributed by atoms with Crippen molar-refractivity contribution in [3.8, 4) is 5.69 Å². The van der Waals surface area contributed by atoms with Crippen molar-refractivity contribution < 1.29 is 14.4 Å². The van der Waals surface area contributed by atoms with Crippen LogP contribution in [0.2, 0.25) is 0 Å². The average Bonchev–Trinajstić information content (AvgIpc) is 2.90. The van der Waals surface area contributed by atoms with Gasteiger partial charge in [-0.05, 0) is 55.8 Å². The van der Waals surface area contributed by atoms with Gasteiger partial charge in [0.15, 0.2) is 0 Å². The van der Waals surface area contributed by atoms with E-state index in [9.17, 15) is 14.4 Å². The van der Waals surface area contributed by atoms with E-state index in [1.807, 2.05) is 63.2 Å². The van der Waals surface area contributed by atoms with Crippen LogP contribution in [0.1, 0.15) is 17.0 Å². The van der Waals surface area contributed by atoms with Gasteiger partial charge in [0.1, 0.15) is 5.57 Å². The molecule has 0 spiro atoms. The summed E-state index contributed by atoms with van der Waals surface area (Å²) in [5, 5.41) is 2.17. The van der Waals surface area contributed by atoms with Crippen LogP contribution >= 0.6 is 0 Å². The summed E-state index contributed by atoms with van der Waals surface area (Å²) in [6, 6.07) is 9.32. The van der Waals surface area contributed by atoms with Crippen molar-refractivity contribution in [2.24, 2.45) is 0 Å². The standard InChI is InChI=1S/C20H22N4O3/c1-12-10-14(11-17-18(25)21-20(27)23(5)19(17)26)13(2)24(12)16-8-6-15(7-9-16)22(3)4/h6-11H,1-5H3,(H,21,25,27)/b17-11+. The Morgan fingerprint density at radius 3 is 2.26 bits per heavy atom. The van der Waals surface area contributed by atoms with Crippen LogP contribution in [0.3, 0.4) is 0 Å². The van der Waals surface area contributed by atoms with Gasteiger partial charge in [-0.1, -0.05) is 0 Å². The summed E-state index contributed by atoms with van der Waals surface area (Å²) in [5.41, 5.74) is 4.67. The number of imide groups is 2. The largest absolute Gasteiger partial charge is 0.378 e. The summed E-state index contributed by atoms with van der Waals surface area (Å²) in [6.07, 6.45) is 1.54. The monoisotopic (exact) mass is 366 g/mol. The van der Waals surface area contributed by atoms with E-state index in [2.05, 4.69) is 9.88 Å². The first kappa shape index (κ1) is 18.4. The van der Waals surface area contributed by atoms with Gasteiger partial charge >= 0.3 is 6.03 Å². The van der Waals surface area contributed by atoms with Crippen molar-refractivity contribution in [2.75, 3.05) is 26.0 Å². The molecule has 0 unspecified atom stereocenters. The zero-order valence-corrected chi connectivity index (χ0v) is 16.0. The summed E-state index contributed by atoms with van der Waals surface area (Å²) >= 11 is 0. The Morgan fingerprint density at radius 1 is 1.04 bits per heavy atom. The van der Waals surface area contributed by atoms with Gasteiger partial charge in [0.2, 0.25) is 0 Å². The molecule has 27 heavy (non-hydrogen) atoms. The molecule has 1 saturated heterocycles. The van der Waals surface area contributed by atoms with Crippen LogP contribution in [-0.2, 0) is 9.59 Å². The number of amides is 4. The fourth-order valence-corrected chi connectivity index (χ4v) is 3.13. The molecule has 1 aliphatic rings. The minimum Gasteiger partial charge on any atom is -0.378 e. The minimum atomic E-state index is -0.714. The highest BCUT2D eigenvalue weighted by atomic mass is 16.2. The molecule has 140 valence electrons. The molecule has 1 aliphatic heterocycles. The van der Waals surface area contributed by atoms with E-state index >= 15 is 0 Å². The molecule has 2 heterocycles. The van der Waals surface area contributed by atoms with Crippen molar-refractivity contribution >= 4 is 29.6 Å². The normalized spacial score (nSPS) is 16.1. The molecular formula is C20H22N4O3. The summed E-state index contributed by atoms with van der Waals surface area (Å²) in [7, 11) is 5.31. The van der Waals surface area contributed by atoms with Crippen LogP contribution in [0.25, 0.3) is 11.8 Å². The molecule has 1 aromatic carbocycles. The molecule has 0 aliphatic carbocycles. The average molecular weight is 366 g/mol. The Bertz CT molecular complexity index is 968. The molecule has 0 radical (unpaired) electrons. The highest BCUT2D eigenvalue weighted by Crippen LogP contribution is 2.25. The number of carbonyl (C=O) groups excluding carboxylic acids is 3. The number of nitrogens with one attached hydrogen (secondary N) is 1. The molecule has 0 atom stereocenters.